The molecule has 1 aromatic rings. The molecular weight excluding hydrogens is 226 g/mol. The van der Waals surface area contributed by atoms with Gasteiger partial charge in [-0.3, -0.25) is 4.79 Å². The van der Waals surface area contributed by atoms with E-state index in [0.717, 1.165) is 19.3 Å². The highest BCUT2D eigenvalue weighted by atomic mass is 16.3. The Morgan fingerprint density at radius 3 is 2.56 bits per heavy atom. The molecule has 1 atom stereocenters. The zero-order valence-electron chi connectivity index (χ0n) is 11.3. The molecular formula is C15H23NO2. The second kappa shape index (κ2) is 7.88. The summed E-state index contributed by atoms with van der Waals surface area (Å²) in [5.74, 6) is 0.292. The predicted octanol–water partition coefficient (Wildman–Crippen LogP) is 2.39. The van der Waals surface area contributed by atoms with Gasteiger partial charge >= 0.3 is 0 Å². The number of aliphatic hydroxyl groups is 1. The number of aliphatic hydroxyl groups excluding tert-OH is 1. The Morgan fingerprint density at radius 1 is 1.33 bits per heavy atom. The molecule has 100 valence electrons. The molecule has 0 aliphatic carbocycles. The minimum absolute atomic E-state index is 0.0192. The van der Waals surface area contributed by atoms with Crippen molar-refractivity contribution in [3.05, 3.63) is 35.4 Å². The van der Waals surface area contributed by atoms with Gasteiger partial charge in [-0.2, -0.15) is 0 Å². The van der Waals surface area contributed by atoms with Crippen molar-refractivity contribution < 1.29 is 9.90 Å². The van der Waals surface area contributed by atoms with Gasteiger partial charge in [0, 0.05) is 18.7 Å². The number of hydrogen-bond donors (Lipinski definition) is 2. The average Bonchev–Trinajstić information content (AvgIpc) is 2.43. The molecule has 1 unspecified atom stereocenters. The van der Waals surface area contributed by atoms with Crippen LogP contribution in [0.5, 0.6) is 0 Å². The first-order valence-corrected chi connectivity index (χ1v) is 6.65. The molecule has 18 heavy (non-hydrogen) atoms. The first-order valence-electron chi connectivity index (χ1n) is 6.65. The fraction of sp³-hybridized carbons (Fsp3) is 0.533. The third-order valence-corrected chi connectivity index (χ3v) is 3.10. The van der Waals surface area contributed by atoms with Crippen molar-refractivity contribution in [1.29, 1.82) is 0 Å². The summed E-state index contributed by atoms with van der Waals surface area (Å²) < 4.78 is 0. The zero-order valence-corrected chi connectivity index (χ0v) is 11.3. The van der Waals surface area contributed by atoms with E-state index in [4.69, 9.17) is 5.11 Å². The molecule has 0 bridgehead atoms. The number of rotatable bonds is 7. The number of nitrogens with one attached hydrogen (secondary N) is 1. The van der Waals surface area contributed by atoms with E-state index >= 15 is 0 Å². The monoisotopic (exact) mass is 249 g/mol. The summed E-state index contributed by atoms with van der Waals surface area (Å²) in [6.07, 6.45) is 2.83. The minimum atomic E-state index is -0.0192. The number of carbonyl (C=O) groups is 1. The average molecular weight is 249 g/mol. The molecule has 1 rings (SSSR count). The number of aryl methyl sites for hydroxylation is 1. The quantitative estimate of drug-likeness (QED) is 0.729. The van der Waals surface area contributed by atoms with Gasteiger partial charge in [0.15, 0.2) is 0 Å². The van der Waals surface area contributed by atoms with E-state index in [1.54, 1.807) is 0 Å². The SMILES string of the molecule is CCc1ccc(C(=O)NCCCC(C)CO)cc1. The number of benzene rings is 1. The van der Waals surface area contributed by atoms with Crippen molar-refractivity contribution in [3.63, 3.8) is 0 Å². The summed E-state index contributed by atoms with van der Waals surface area (Å²) in [7, 11) is 0. The highest BCUT2D eigenvalue weighted by molar-refractivity contribution is 5.94. The van der Waals surface area contributed by atoms with Crippen LogP contribution in [-0.4, -0.2) is 24.2 Å². The predicted molar refractivity (Wildman–Crippen MR) is 73.6 cm³/mol. The lowest BCUT2D eigenvalue weighted by Crippen LogP contribution is -2.24. The lowest BCUT2D eigenvalue weighted by molar-refractivity contribution is 0.0952. The minimum Gasteiger partial charge on any atom is -0.396 e. The Bertz CT molecular complexity index is 359. The molecule has 3 nitrogen and oxygen atoms in total. The van der Waals surface area contributed by atoms with Crippen molar-refractivity contribution in [3.8, 4) is 0 Å². The third-order valence-electron chi connectivity index (χ3n) is 3.10. The topological polar surface area (TPSA) is 49.3 Å². The smallest absolute Gasteiger partial charge is 0.251 e. The molecule has 0 heterocycles. The van der Waals surface area contributed by atoms with Crippen LogP contribution < -0.4 is 5.32 Å². The second-order valence-electron chi connectivity index (χ2n) is 4.74. The van der Waals surface area contributed by atoms with Crippen LogP contribution in [-0.2, 0) is 6.42 Å². The Hall–Kier alpha value is -1.35. The molecule has 1 amide bonds. The number of hydrogen-bond acceptors (Lipinski definition) is 2. The second-order valence-corrected chi connectivity index (χ2v) is 4.74. The van der Waals surface area contributed by atoms with E-state index in [1.807, 2.05) is 31.2 Å². The highest BCUT2D eigenvalue weighted by Crippen LogP contribution is 2.06. The highest BCUT2D eigenvalue weighted by Gasteiger charge is 2.05. The van der Waals surface area contributed by atoms with Crippen LogP contribution in [0.25, 0.3) is 0 Å². The van der Waals surface area contributed by atoms with Gasteiger partial charge in [0.1, 0.15) is 0 Å². The molecule has 0 saturated carbocycles. The maximum Gasteiger partial charge on any atom is 0.251 e. The number of amides is 1. The van der Waals surface area contributed by atoms with Crippen LogP contribution in [0.3, 0.4) is 0 Å². The van der Waals surface area contributed by atoms with Gasteiger partial charge in [-0.05, 0) is 42.9 Å². The molecule has 0 aliphatic heterocycles. The molecule has 0 aliphatic rings. The van der Waals surface area contributed by atoms with Crippen LogP contribution in [0.15, 0.2) is 24.3 Å². The maximum absolute atomic E-state index is 11.8. The normalized spacial score (nSPS) is 12.2. The lowest BCUT2D eigenvalue weighted by atomic mass is 10.1. The fourth-order valence-corrected chi connectivity index (χ4v) is 1.74. The first kappa shape index (κ1) is 14.7. The first-order chi connectivity index (χ1) is 8.67. The van der Waals surface area contributed by atoms with Crippen molar-refractivity contribution in [2.75, 3.05) is 13.2 Å². The van der Waals surface area contributed by atoms with Crippen LogP contribution >= 0.6 is 0 Å². The van der Waals surface area contributed by atoms with Crippen LogP contribution in [0.2, 0.25) is 0 Å². The largest absolute Gasteiger partial charge is 0.396 e. The Labute approximate surface area is 109 Å². The van der Waals surface area contributed by atoms with Gasteiger partial charge < -0.3 is 10.4 Å². The molecule has 0 spiro atoms. The molecule has 0 radical (unpaired) electrons. The van der Waals surface area contributed by atoms with Crippen molar-refractivity contribution in [1.82, 2.24) is 5.32 Å². The van der Waals surface area contributed by atoms with E-state index in [9.17, 15) is 4.79 Å². The third kappa shape index (κ3) is 4.88. The molecule has 0 aromatic heterocycles. The van der Waals surface area contributed by atoms with Crippen molar-refractivity contribution >= 4 is 5.91 Å². The van der Waals surface area contributed by atoms with Crippen molar-refractivity contribution in [2.45, 2.75) is 33.1 Å². The number of carbonyl (C=O) groups excluding carboxylic acids is 1. The van der Waals surface area contributed by atoms with E-state index in [-0.39, 0.29) is 12.5 Å². The zero-order chi connectivity index (χ0) is 13.4. The van der Waals surface area contributed by atoms with Crippen LogP contribution in [0.1, 0.15) is 42.6 Å². The Morgan fingerprint density at radius 2 is 2.00 bits per heavy atom. The van der Waals surface area contributed by atoms with Gasteiger partial charge in [0.05, 0.1) is 0 Å². The van der Waals surface area contributed by atoms with E-state index in [1.165, 1.54) is 5.56 Å². The maximum atomic E-state index is 11.8. The van der Waals surface area contributed by atoms with E-state index < -0.39 is 0 Å². The van der Waals surface area contributed by atoms with E-state index in [2.05, 4.69) is 12.2 Å². The van der Waals surface area contributed by atoms with Crippen molar-refractivity contribution in [2.24, 2.45) is 5.92 Å². The van der Waals surface area contributed by atoms with E-state index in [0.29, 0.717) is 18.0 Å². The molecule has 3 heteroatoms. The van der Waals surface area contributed by atoms with Gasteiger partial charge in [-0.1, -0.05) is 26.0 Å². The van der Waals surface area contributed by atoms with Crippen LogP contribution in [0.4, 0.5) is 0 Å². The summed E-state index contributed by atoms with van der Waals surface area (Å²) in [6, 6.07) is 7.71. The molecule has 2 N–H and O–H groups in total. The van der Waals surface area contributed by atoms with Gasteiger partial charge in [-0.25, -0.2) is 0 Å². The standard InChI is InChI=1S/C15H23NO2/c1-3-13-6-8-14(9-7-13)15(18)16-10-4-5-12(2)11-17/h6-9,12,17H,3-5,10-11H2,1-2H3,(H,16,18). The molecule has 1 aromatic carbocycles. The fourth-order valence-electron chi connectivity index (χ4n) is 1.74. The summed E-state index contributed by atoms with van der Waals surface area (Å²) in [6.45, 7) is 4.98. The van der Waals surface area contributed by atoms with Gasteiger partial charge in [-0.15, -0.1) is 0 Å². The summed E-state index contributed by atoms with van der Waals surface area (Å²) in [5.41, 5.74) is 1.95. The van der Waals surface area contributed by atoms with Gasteiger partial charge in [0.25, 0.3) is 5.91 Å². The molecule has 0 fully saturated rings. The Balaban J connectivity index is 2.31. The lowest BCUT2D eigenvalue weighted by Gasteiger charge is -2.08. The molecule has 0 saturated heterocycles. The Kier molecular flexibility index (Phi) is 6.44. The van der Waals surface area contributed by atoms with Gasteiger partial charge in [0.2, 0.25) is 0 Å². The summed E-state index contributed by atoms with van der Waals surface area (Å²) >= 11 is 0. The summed E-state index contributed by atoms with van der Waals surface area (Å²) in [5, 5.41) is 11.8. The van der Waals surface area contributed by atoms with Crippen LogP contribution in [0, 0.1) is 5.92 Å². The summed E-state index contributed by atoms with van der Waals surface area (Å²) in [4.78, 5) is 11.8.